The van der Waals surface area contributed by atoms with Gasteiger partial charge < -0.3 is 5.11 Å². The maximum atomic E-state index is 9.84. The molecule has 0 radical (unpaired) electrons. The van der Waals surface area contributed by atoms with E-state index in [1.807, 2.05) is 0 Å². The van der Waals surface area contributed by atoms with Crippen LogP contribution in [0.5, 0.6) is 0 Å². The number of aliphatic hydroxyl groups is 1. The summed E-state index contributed by atoms with van der Waals surface area (Å²) >= 11 is 0. The van der Waals surface area contributed by atoms with Gasteiger partial charge in [-0.15, -0.1) is 0 Å². The molecule has 0 aromatic heterocycles. The van der Waals surface area contributed by atoms with Crippen LogP contribution >= 0.6 is 0 Å². The van der Waals surface area contributed by atoms with Gasteiger partial charge in [-0.25, -0.2) is 0 Å². The number of benzene rings is 1. The molecule has 0 saturated heterocycles. The van der Waals surface area contributed by atoms with Crippen molar-refractivity contribution in [1.29, 1.82) is 0 Å². The first kappa shape index (κ1) is 10.9. The normalized spacial score (nSPS) is 28.1. The highest BCUT2D eigenvalue weighted by atomic mass is 16.3. The summed E-state index contributed by atoms with van der Waals surface area (Å²) in [6.45, 7) is 4.20. The molecule has 0 heterocycles. The molecule has 17 heavy (non-hydrogen) atoms. The molecule has 90 valence electrons. The minimum atomic E-state index is 0.350. The quantitative estimate of drug-likeness (QED) is 0.723. The van der Waals surface area contributed by atoms with Crippen LogP contribution in [-0.4, -0.2) is 5.11 Å². The van der Waals surface area contributed by atoms with Crippen molar-refractivity contribution in [3.63, 3.8) is 0 Å². The van der Waals surface area contributed by atoms with Gasteiger partial charge in [0.1, 0.15) is 0 Å². The predicted molar refractivity (Wildman–Crippen MR) is 71.4 cm³/mol. The fourth-order valence-electron chi connectivity index (χ4n) is 3.72. The molecule has 1 unspecified atom stereocenters. The zero-order valence-electron chi connectivity index (χ0n) is 10.7. The van der Waals surface area contributed by atoms with Gasteiger partial charge in [0.25, 0.3) is 0 Å². The van der Waals surface area contributed by atoms with E-state index in [1.165, 1.54) is 42.0 Å². The van der Waals surface area contributed by atoms with Gasteiger partial charge in [-0.05, 0) is 60.8 Å². The highest BCUT2D eigenvalue weighted by Gasteiger charge is 2.34. The fraction of sp³-hybridized carbons (Fsp3) is 0.500. The highest BCUT2D eigenvalue weighted by molar-refractivity contribution is 5.49. The Balaban J connectivity index is 2.44. The average molecular weight is 228 g/mol. The first-order valence-corrected chi connectivity index (χ1v) is 6.64. The lowest BCUT2D eigenvalue weighted by Crippen LogP contribution is -2.40. The summed E-state index contributed by atoms with van der Waals surface area (Å²) in [5, 5.41) is 12.3. The predicted octanol–water partition coefficient (Wildman–Crippen LogP) is 2.54. The lowest BCUT2D eigenvalue weighted by atomic mass is 9.66. The first-order valence-electron chi connectivity index (χ1n) is 6.64. The Bertz CT molecular complexity index is 578. The van der Waals surface area contributed by atoms with Crippen LogP contribution in [0.25, 0.3) is 11.8 Å². The smallest absolute Gasteiger partial charge is 0.0966 e. The highest BCUT2D eigenvalue weighted by Crippen LogP contribution is 2.39. The number of hydrogen-bond donors (Lipinski definition) is 1. The van der Waals surface area contributed by atoms with Gasteiger partial charge in [0.2, 0.25) is 0 Å². The third-order valence-corrected chi connectivity index (χ3v) is 4.55. The summed E-state index contributed by atoms with van der Waals surface area (Å²) in [5.41, 5.74) is 3.29. The third kappa shape index (κ3) is 1.52. The van der Waals surface area contributed by atoms with Crippen molar-refractivity contribution >= 4 is 11.8 Å². The summed E-state index contributed by atoms with van der Waals surface area (Å²) in [6, 6.07) is 4.29. The Kier molecular flexibility index (Phi) is 2.32. The largest absolute Gasteiger partial charge is 0.512 e. The van der Waals surface area contributed by atoms with Crippen LogP contribution in [0, 0.1) is 0 Å². The monoisotopic (exact) mass is 228 g/mol. The van der Waals surface area contributed by atoms with E-state index in [1.54, 1.807) is 6.92 Å². The molecule has 0 aliphatic heterocycles. The maximum Gasteiger partial charge on any atom is 0.0966 e. The summed E-state index contributed by atoms with van der Waals surface area (Å²) < 4.78 is 0. The topological polar surface area (TPSA) is 20.2 Å². The molecular formula is C16H20O. The van der Waals surface area contributed by atoms with Gasteiger partial charge in [0, 0.05) is 5.22 Å². The van der Waals surface area contributed by atoms with Crippen molar-refractivity contribution in [2.75, 3.05) is 0 Å². The van der Waals surface area contributed by atoms with Crippen LogP contribution in [-0.2, 0) is 11.8 Å². The van der Waals surface area contributed by atoms with Crippen molar-refractivity contribution in [3.8, 4) is 0 Å². The molecule has 0 fully saturated rings. The lowest BCUT2D eigenvalue weighted by Gasteiger charge is -2.39. The van der Waals surface area contributed by atoms with E-state index in [4.69, 9.17) is 0 Å². The third-order valence-electron chi connectivity index (χ3n) is 4.55. The average Bonchev–Trinajstić information content (AvgIpc) is 2.28. The molecule has 0 bridgehead atoms. The molecule has 1 aromatic carbocycles. The first-order chi connectivity index (χ1) is 8.12. The molecule has 0 saturated carbocycles. The van der Waals surface area contributed by atoms with Crippen molar-refractivity contribution in [1.82, 2.24) is 0 Å². The molecule has 0 amide bonds. The Morgan fingerprint density at radius 3 is 2.88 bits per heavy atom. The SMILES string of the molecule is CC(O)=c1ccc2c3c1CCCC3(C)CCC=2. The van der Waals surface area contributed by atoms with Gasteiger partial charge in [0.05, 0.1) is 5.76 Å². The molecule has 1 nitrogen and oxygen atoms in total. The van der Waals surface area contributed by atoms with E-state index in [0.717, 1.165) is 11.6 Å². The lowest BCUT2D eigenvalue weighted by molar-refractivity contribution is 0.362. The van der Waals surface area contributed by atoms with Crippen molar-refractivity contribution < 1.29 is 5.11 Å². The van der Waals surface area contributed by atoms with Crippen molar-refractivity contribution in [2.45, 2.75) is 51.4 Å². The zero-order chi connectivity index (χ0) is 12.0. The van der Waals surface area contributed by atoms with Crippen LogP contribution in [0.15, 0.2) is 12.1 Å². The van der Waals surface area contributed by atoms with Gasteiger partial charge in [-0.2, -0.15) is 0 Å². The van der Waals surface area contributed by atoms with Crippen LogP contribution < -0.4 is 10.4 Å². The van der Waals surface area contributed by atoms with Gasteiger partial charge in [0.15, 0.2) is 0 Å². The van der Waals surface area contributed by atoms with E-state index in [0.29, 0.717) is 11.2 Å². The molecule has 1 N–H and O–H groups in total. The van der Waals surface area contributed by atoms with E-state index in [-0.39, 0.29) is 0 Å². The molecule has 1 heteroatoms. The molecule has 1 atom stereocenters. The van der Waals surface area contributed by atoms with Gasteiger partial charge >= 0.3 is 0 Å². The summed E-state index contributed by atoms with van der Waals surface area (Å²) in [7, 11) is 0. The van der Waals surface area contributed by atoms with E-state index < -0.39 is 0 Å². The number of rotatable bonds is 0. The Morgan fingerprint density at radius 1 is 1.29 bits per heavy atom. The molecule has 2 aliphatic rings. The second-order valence-electron chi connectivity index (χ2n) is 5.80. The van der Waals surface area contributed by atoms with Crippen LogP contribution in [0.3, 0.4) is 0 Å². The second kappa shape index (κ2) is 3.63. The zero-order valence-corrected chi connectivity index (χ0v) is 10.7. The van der Waals surface area contributed by atoms with E-state index >= 15 is 0 Å². The molecular weight excluding hydrogens is 208 g/mol. The van der Waals surface area contributed by atoms with E-state index in [9.17, 15) is 5.11 Å². The van der Waals surface area contributed by atoms with Crippen LogP contribution in [0.4, 0.5) is 0 Å². The standard InChI is InChI=1S/C16H20O/c1-11(17)13-8-7-12-5-3-9-16(2)10-4-6-14(13)15(12)16/h5,7-8,17H,3-4,6,9-10H2,1-2H3. The molecule has 2 aliphatic carbocycles. The summed E-state index contributed by atoms with van der Waals surface area (Å²) in [6.07, 6.45) is 8.51. The van der Waals surface area contributed by atoms with Crippen LogP contribution in [0.2, 0.25) is 0 Å². The van der Waals surface area contributed by atoms with Gasteiger partial charge in [-0.3, -0.25) is 0 Å². The minimum Gasteiger partial charge on any atom is -0.512 e. The summed E-state index contributed by atoms with van der Waals surface area (Å²) in [4.78, 5) is 0. The minimum absolute atomic E-state index is 0.350. The molecule has 0 spiro atoms. The van der Waals surface area contributed by atoms with E-state index in [2.05, 4.69) is 25.1 Å². The molecule has 3 rings (SSSR count). The van der Waals surface area contributed by atoms with Crippen molar-refractivity contribution in [2.24, 2.45) is 0 Å². The summed E-state index contributed by atoms with van der Waals surface area (Å²) in [5.74, 6) is 0.470. The Labute approximate surface area is 102 Å². The van der Waals surface area contributed by atoms with Crippen LogP contribution in [0.1, 0.15) is 50.7 Å². The van der Waals surface area contributed by atoms with Gasteiger partial charge in [-0.1, -0.05) is 25.1 Å². The fourth-order valence-corrected chi connectivity index (χ4v) is 3.72. The van der Waals surface area contributed by atoms with Crippen molar-refractivity contribution in [3.05, 3.63) is 33.7 Å². The Hall–Kier alpha value is -1.24. The Morgan fingerprint density at radius 2 is 2.12 bits per heavy atom. The number of aliphatic hydroxyl groups excluding tert-OH is 1. The second-order valence-corrected chi connectivity index (χ2v) is 5.80. The molecule has 1 aromatic rings. The maximum absolute atomic E-state index is 9.84. The number of hydrogen-bond acceptors (Lipinski definition) is 1.